The molecule has 2 aromatic carbocycles. The molecule has 2 aliphatic heterocycles. The molecule has 31 heavy (non-hydrogen) atoms. The van der Waals surface area contributed by atoms with E-state index >= 15 is 0 Å². The van der Waals surface area contributed by atoms with Crippen LogP contribution in [0.25, 0.3) is 0 Å². The zero-order valence-corrected chi connectivity index (χ0v) is 18.2. The Kier molecular flexibility index (Phi) is 4.96. The largest absolute Gasteiger partial charge is 0.479 e. The highest BCUT2D eigenvalue weighted by atomic mass is 32.2. The second-order valence-electron chi connectivity index (χ2n) is 8.12. The number of aliphatic carboxylic acids is 1. The average Bonchev–Trinajstić information content (AvgIpc) is 3.26. The highest BCUT2D eigenvalue weighted by Crippen LogP contribution is 2.56. The molecule has 3 atom stereocenters. The van der Waals surface area contributed by atoms with Crippen molar-refractivity contribution in [3.63, 3.8) is 0 Å². The molecule has 0 aliphatic carbocycles. The molecule has 1 amide bonds. The van der Waals surface area contributed by atoms with E-state index in [-0.39, 0.29) is 11.3 Å². The summed E-state index contributed by atoms with van der Waals surface area (Å²) in [4.78, 5) is 26.7. The Morgan fingerprint density at radius 3 is 2.29 bits per heavy atom. The first-order valence-corrected chi connectivity index (χ1v) is 11.4. The van der Waals surface area contributed by atoms with Crippen LogP contribution in [-0.2, 0) is 19.6 Å². The Morgan fingerprint density at radius 2 is 1.71 bits per heavy atom. The minimum absolute atomic E-state index is 0.0626. The van der Waals surface area contributed by atoms with Crippen LogP contribution in [0, 0.1) is 5.92 Å². The second kappa shape index (κ2) is 7.26. The second-order valence-corrected chi connectivity index (χ2v) is 9.94. The molecule has 0 radical (unpaired) electrons. The SMILES string of the molecule is COC(=O)N1[C@@H]2[C@H](C[C@]1(C(=O)O)C(C)C)c1ccccc1N2S(=O)(=O)c1ccccc1. The van der Waals surface area contributed by atoms with Crippen LogP contribution in [0.2, 0.25) is 0 Å². The quantitative estimate of drug-likeness (QED) is 0.776. The number of carboxylic acids is 1. The molecule has 0 unspecified atom stereocenters. The molecule has 1 saturated heterocycles. The molecule has 4 rings (SSSR count). The summed E-state index contributed by atoms with van der Waals surface area (Å²) in [5.41, 5.74) is -0.469. The lowest BCUT2D eigenvalue weighted by molar-refractivity contribution is -0.152. The molecule has 0 bridgehead atoms. The Bertz CT molecular complexity index is 1130. The van der Waals surface area contributed by atoms with Gasteiger partial charge in [-0.05, 0) is 36.1 Å². The zero-order chi connectivity index (χ0) is 22.6. The van der Waals surface area contributed by atoms with Crippen LogP contribution in [0.4, 0.5) is 10.5 Å². The van der Waals surface area contributed by atoms with Crippen LogP contribution >= 0.6 is 0 Å². The summed E-state index contributed by atoms with van der Waals surface area (Å²) in [6.07, 6.45) is -1.84. The summed E-state index contributed by atoms with van der Waals surface area (Å²) in [7, 11) is -2.92. The van der Waals surface area contributed by atoms with Crippen molar-refractivity contribution in [2.45, 2.75) is 42.8 Å². The molecular weight excluding hydrogens is 420 g/mol. The minimum Gasteiger partial charge on any atom is -0.479 e. The Balaban J connectivity index is 1.99. The van der Waals surface area contributed by atoms with Crippen LogP contribution in [0.3, 0.4) is 0 Å². The maximum Gasteiger partial charge on any atom is 0.412 e. The van der Waals surface area contributed by atoms with E-state index in [4.69, 9.17) is 4.74 Å². The summed E-state index contributed by atoms with van der Waals surface area (Å²) in [5, 5.41) is 10.2. The van der Waals surface area contributed by atoms with Gasteiger partial charge < -0.3 is 9.84 Å². The van der Waals surface area contributed by atoms with E-state index in [0.29, 0.717) is 11.3 Å². The maximum absolute atomic E-state index is 13.7. The number of hydrogen-bond donors (Lipinski definition) is 1. The van der Waals surface area contributed by atoms with Gasteiger partial charge in [-0.15, -0.1) is 0 Å². The van der Waals surface area contributed by atoms with Crippen molar-refractivity contribution in [3.05, 3.63) is 60.2 Å². The van der Waals surface area contributed by atoms with Gasteiger partial charge in [-0.1, -0.05) is 50.2 Å². The lowest BCUT2D eigenvalue weighted by Gasteiger charge is -2.41. The normalized spacial score (nSPS) is 24.8. The Morgan fingerprint density at radius 1 is 1.10 bits per heavy atom. The summed E-state index contributed by atoms with van der Waals surface area (Å²) in [6.45, 7) is 3.43. The fourth-order valence-electron chi connectivity index (χ4n) is 4.94. The summed E-state index contributed by atoms with van der Waals surface area (Å²) < 4.78 is 33.6. The highest BCUT2D eigenvalue weighted by molar-refractivity contribution is 7.92. The van der Waals surface area contributed by atoms with E-state index in [9.17, 15) is 23.1 Å². The molecule has 9 heteroatoms. The fraction of sp³-hybridized carbons (Fsp3) is 0.364. The van der Waals surface area contributed by atoms with E-state index in [2.05, 4.69) is 0 Å². The molecule has 2 aliphatic rings. The van der Waals surface area contributed by atoms with E-state index in [1.54, 1.807) is 56.3 Å². The van der Waals surface area contributed by atoms with Crippen molar-refractivity contribution in [3.8, 4) is 0 Å². The number of hydrogen-bond acceptors (Lipinski definition) is 5. The zero-order valence-electron chi connectivity index (χ0n) is 17.4. The number of rotatable bonds is 4. The van der Waals surface area contributed by atoms with Gasteiger partial charge in [0.1, 0.15) is 11.7 Å². The molecule has 0 saturated carbocycles. The number of ether oxygens (including phenoxy) is 1. The number of amides is 1. The first-order valence-electron chi connectivity index (χ1n) is 9.97. The molecule has 1 N–H and O–H groups in total. The van der Waals surface area contributed by atoms with Gasteiger partial charge in [0.25, 0.3) is 10.0 Å². The van der Waals surface area contributed by atoms with Crippen LogP contribution in [-0.4, -0.2) is 49.3 Å². The van der Waals surface area contributed by atoms with Gasteiger partial charge >= 0.3 is 12.1 Å². The monoisotopic (exact) mass is 444 g/mol. The number of para-hydroxylation sites is 1. The van der Waals surface area contributed by atoms with Crippen molar-refractivity contribution in [1.82, 2.24) is 4.90 Å². The third kappa shape index (κ3) is 2.83. The Hall–Kier alpha value is -3.07. The molecule has 8 nitrogen and oxygen atoms in total. The van der Waals surface area contributed by atoms with Crippen LogP contribution in [0.15, 0.2) is 59.5 Å². The van der Waals surface area contributed by atoms with Crippen LogP contribution in [0.5, 0.6) is 0 Å². The number of carboxylic acid groups (broad SMARTS) is 1. The first-order chi connectivity index (χ1) is 14.7. The Labute approximate surface area is 181 Å². The third-order valence-corrected chi connectivity index (χ3v) is 8.19. The smallest absolute Gasteiger partial charge is 0.412 e. The predicted molar refractivity (Wildman–Crippen MR) is 113 cm³/mol. The van der Waals surface area contributed by atoms with E-state index < -0.39 is 45.6 Å². The molecule has 1 fully saturated rings. The van der Waals surface area contributed by atoms with Gasteiger partial charge in [0.05, 0.1) is 17.7 Å². The van der Waals surface area contributed by atoms with Gasteiger partial charge in [0.15, 0.2) is 0 Å². The van der Waals surface area contributed by atoms with E-state index in [1.165, 1.54) is 23.5 Å². The minimum atomic E-state index is -4.09. The molecule has 0 spiro atoms. The van der Waals surface area contributed by atoms with Gasteiger partial charge in [0, 0.05) is 5.92 Å². The van der Waals surface area contributed by atoms with Gasteiger partial charge in [-0.2, -0.15) is 0 Å². The van der Waals surface area contributed by atoms with Crippen molar-refractivity contribution in [1.29, 1.82) is 0 Å². The highest BCUT2D eigenvalue weighted by Gasteiger charge is 2.66. The van der Waals surface area contributed by atoms with Crippen molar-refractivity contribution in [2.75, 3.05) is 11.4 Å². The molecule has 0 aromatic heterocycles. The van der Waals surface area contributed by atoms with E-state index in [1.807, 2.05) is 0 Å². The number of carbonyl (C=O) groups excluding carboxylic acids is 1. The first kappa shape index (κ1) is 21.2. The third-order valence-electron chi connectivity index (χ3n) is 6.40. The van der Waals surface area contributed by atoms with Crippen LogP contribution in [0.1, 0.15) is 31.7 Å². The number of fused-ring (bicyclic) bond motifs is 3. The topological polar surface area (TPSA) is 104 Å². The molecule has 2 heterocycles. The number of carbonyl (C=O) groups is 2. The summed E-state index contributed by atoms with van der Waals surface area (Å²) >= 11 is 0. The average molecular weight is 445 g/mol. The molecular formula is C22H24N2O6S. The lowest BCUT2D eigenvalue weighted by Crippen LogP contribution is -2.62. The number of sulfonamides is 1. The van der Waals surface area contributed by atoms with E-state index in [0.717, 1.165) is 4.90 Å². The number of nitrogens with zero attached hydrogens (tertiary/aromatic N) is 2. The summed E-state index contributed by atoms with van der Waals surface area (Å²) in [5.74, 6) is -2.17. The number of benzene rings is 2. The van der Waals surface area contributed by atoms with Gasteiger partial charge in [-0.3, -0.25) is 4.90 Å². The van der Waals surface area contributed by atoms with Gasteiger partial charge in [-0.25, -0.2) is 22.3 Å². The predicted octanol–water partition coefficient (Wildman–Crippen LogP) is 3.26. The maximum atomic E-state index is 13.7. The van der Waals surface area contributed by atoms with Crippen molar-refractivity contribution < 1.29 is 27.9 Å². The standard InChI is InChI=1S/C22H24N2O6S/c1-14(2)22(20(25)26)13-17-16-11-7-8-12-18(16)24(19(17)23(22)21(27)30-3)31(28,29)15-9-5-4-6-10-15/h4-12,14,17,19H,13H2,1-3H3,(H,25,26)/t17-,19+,22-/m1/s1. The molecule has 2 aromatic rings. The number of likely N-dealkylation sites (tertiary alicyclic amines) is 1. The number of anilines is 1. The fourth-order valence-corrected chi connectivity index (χ4v) is 6.62. The van der Waals surface area contributed by atoms with Crippen molar-refractivity contribution in [2.24, 2.45) is 5.92 Å². The van der Waals surface area contributed by atoms with Crippen molar-refractivity contribution >= 4 is 27.8 Å². The molecule has 164 valence electrons. The van der Waals surface area contributed by atoms with Crippen LogP contribution < -0.4 is 4.31 Å². The number of methoxy groups -OCH3 is 1. The van der Waals surface area contributed by atoms with Gasteiger partial charge in [0.2, 0.25) is 0 Å². The summed E-state index contributed by atoms with van der Waals surface area (Å²) in [6, 6.07) is 14.9. The lowest BCUT2D eigenvalue weighted by atomic mass is 9.80.